The van der Waals surface area contributed by atoms with Crippen LogP contribution in [0.3, 0.4) is 0 Å². The number of aromatic nitrogens is 2. The molecule has 1 aliphatic heterocycles. The predicted molar refractivity (Wildman–Crippen MR) is 61.1 cm³/mol. The van der Waals surface area contributed by atoms with E-state index in [-0.39, 0.29) is 18.5 Å². The van der Waals surface area contributed by atoms with Gasteiger partial charge in [0, 0.05) is 12.1 Å². The number of hydrogen-bond acceptors (Lipinski definition) is 3. The van der Waals surface area contributed by atoms with E-state index in [2.05, 4.69) is 9.55 Å². The van der Waals surface area contributed by atoms with Crippen molar-refractivity contribution in [3.8, 4) is 0 Å². The summed E-state index contributed by atoms with van der Waals surface area (Å²) in [6.45, 7) is 0.649. The Hall–Kier alpha value is -1.26. The molecule has 1 unspecified atom stereocenters. The van der Waals surface area contributed by atoms with E-state index in [1.165, 1.54) is 0 Å². The Morgan fingerprint density at radius 1 is 1.47 bits per heavy atom. The fourth-order valence-corrected chi connectivity index (χ4v) is 2.04. The first-order valence-corrected chi connectivity index (χ1v) is 4.67. The van der Waals surface area contributed by atoms with Crippen LogP contribution in [-0.2, 0) is 13.0 Å². The van der Waals surface area contributed by atoms with Gasteiger partial charge in [0.25, 0.3) is 0 Å². The molecule has 5 heteroatoms. The number of halogens is 1. The summed E-state index contributed by atoms with van der Waals surface area (Å²) in [5.41, 5.74) is 8.39. The molecule has 0 fully saturated rings. The number of nitrogens with zero attached hydrogens (tertiary/aromatic N) is 2. The van der Waals surface area contributed by atoms with Crippen LogP contribution in [0.1, 0.15) is 5.82 Å². The van der Waals surface area contributed by atoms with Crippen LogP contribution >= 0.6 is 12.4 Å². The molecule has 4 nitrogen and oxygen atoms in total. The van der Waals surface area contributed by atoms with Crippen molar-refractivity contribution in [1.29, 1.82) is 0 Å². The number of nitrogens with two attached hydrogens (primary N) is 1. The lowest BCUT2D eigenvalue weighted by atomic mass is 10.2. The molecule has 2 aromatic rings. The van der Waals surface area contributed by atoms with E-state index in [9.17, 15) is 5.11 Å². The van der Waals surface area contributed by atoms with Gasteiger partial charge >= 0.3 is 0 Å². The molecule has 0 saturated carbocycles. The summed E-state index contributed by atoms with van der Waals surface area (Å²) < 4.78 is 2.06. The highest BCUT2D eigenvalue weighted by molar-refractivity contribution is 5.85. The van der Waals surface area contributed by atoms with Gasteiger partial charge in [-0.2, -0.15) is 0 Å². The van der Waals surface area contributed by atoms with E-state index < -0.39 is 0 Å². The summed E-state index contributed by atoms with van der Waals surface area (Å²) in [4.78, 5) is 4.43. The molecule has 0 bridgehead atoms. The summed E-state index contributed by atoms with van der Waals surface area (Å²) in [6, 6.07) is 5.69. The second kappa shape index (κ2) is 3.40. The topological polar surface area (TPSA) is 64.1 Å². The van der Waals surface area contributed by atoms with Crippen molar-refractivity contribution < 1.29 is 5.11 Å². The van der Waals surface area contributed by atoms with Gasteiger partial charge in [0.15, 0.2) is 0 Å². The Morgan fingerprint density at radius 3 is 3.07 bits per heavy atom. The maximum atomic E-state index is 9.47. The lowest BCUT2D eigenvalue weighted by molar-refractivity contribution is 0.176. The third-order valence-electron chi connectivity index (χ3n) is 2.66. The van der Waals surface area contributed by atoms with E-state index >= 15 is 0 Å². The van der Waals surface area contributed by atoms with Crippen LogP contribution in [0.5, 0.6) is 0 Å². The molecular formula is C10H12ClN3O. The van der Waals surface area contributed by atoms with Gasteiger partial charge in [-0.05, 0) is 18.2 Å². The largest absolute Gasteiger partial charge is 0.399 e. The van der Waals surface area contributed by atoms with Crippen molar-refractivity contribution in [2.75, 3.05) is 5.73 Å². The van der Waals surface area contributed by atoms with Crippen LogP contribution in [-0.4, -0.2) is 20.8 Å². The maximum Gasteiger partial charge on any atom is 0.112 e. The number of rotatable bonds is 0. The van der Waals surface area contributed by atoms with E-state index in [1.54, 1.807) is 0 Å². The first-order valence-electron chi connectivity index (χ1n) is 4.67. The minimum Gasteiger partial charge on any atom is -0.399 e. The Bertz CT molecular complexity index is 509. The number of anilines is 1. The SMILES string of the molecule is Cl.Nc1ccc2c(c1)nc1n2CC(O)C1. The van der Waals surface area contributed by atoms with Crippen molar-refractivity contribution in [1.82, 2.24) is 9.55 Å². The molecule has 0 saturated heterocycles. The summed E-state index contributed by atoms with van der Waals surface area (Å²) >= 11 is 0. The first kappa shape index (κ1) is 10.3. The van der Waals surface area contributed by atoms with Crippen LogP contribution in [0, 0.1) is 0 Å². The van der Waals surface area contributed by atoms with Crippen LogP contribution in [0.15, 0.2) is 18.2 Å². The minimum atomic E-state index is -0.278. The Kier molecular flexibility index (Phi) is 2.32. The highest BCUT2D eigenvalue weighted by atomic mass is 35.5. The lowest BCUT2D eigenvalue weighted by Gasteiger charge is -2.00. The molecule has 0 spiro atoms. The third-order valence-corrected chi connectivity index (χ3v) is 2.66. The van der Waals surface area contributed by atoms with Crippen molar-refractivity contribution in [3.63, 3.8) is 0 Å². The first-order chi connectivity index (χ1) is 6.74. The number of aliphatic hydroxyl groups excluding tert-OH is 1. The zero-order valence-corrected chi connectivity index (χ0v) is 8.87. The second-order valence-electron chi connectivity index (χ2n) is 3.74. The van der Waals surface area contributed by atoms with Gasteiger partial charge in [0.05, 0.1) is 23.7 Å². The molecule has 2 heterocycles. The molecule has 1 atom stereocenters. The molecule has 0 amide bonds. The van der Waals surface area contributed by atoms with Gasteiger partial charge in [-0.15, -0.1) is 12.4 Å². The predicted octanol–water partition coefficient (Wildman–Crippen LogP) is 0.957. The Balaban J connectivity index is 0.000000853. The molecule has 3 N–H and O–H groups in total. The summed E-state index contributed by atoms with van der Waals surface area (Å²) in [6.07, 6.45) is 0.369. The number of hydrogen-bond donors (Lipinski definition) is 2. The van der Waals surface area contributed by atoms with Crippen LogP contribution in [0.2, 0.25) is 0 Å². The summed E-state index contributed by atoms with van der Waals surface area (Å²) in [5, 5.41) is 9.47. The van der Waals surface area contributed by atoms with Gasteiger partial charge in [0.2, 0.25) is 0 Å². The molecule has 1 aromatic heterocycles. The van der Waals surface area contributed by atoms with Crippen LogP contribution < -0.4 is 5.73 Å². The van der Waals surface area contributed by atoms with E-state index in [0.29, 0.717) is 13.0 Å². The van der Waals surface area contributed by atoms with E-state index in [0.717, 1.165) is 22.5 Å². The normalized spacial score (nSPS) is 18.9. The number of nitrogen functional groups attached to an aromatic ring is 1. The molecule has 3 rings (SSSR count). The number of fused-ring (bicyclic) bond motifs is 3. The molecule has 15 heavy (non-hydrogen) atoms. The fraction of sp³-hybridized carbons (Fsp3) is 0.300. The number of benzene rings is 1. The van der Waals surface area contributed by atoms with Gasteiger partial charge in [-0.3, -0.25) is 0 Å². The Morgan fingerprint density at radius 2 is 2.27 bits per heavy atom. The van der Waals surface area contributed by atoms with E-state index in [1.807, 2.05) is 18.2 Å². The van der Waals surface area contributed by atoms with Crippen LogP contribution in [0.4, 0.5) is 5.69 Å². The third kappa shape index (κ3) is 1.46. The molecular weight excluding hydrogens is 214 g/mol. The van der Waals surface area contributed by atoms with Crippen molar-refractivity contribution >= 4 is 29.1 Å². The maximum absolute atomic E-state index is 9.47. The van der Waals surface area contributed by atoms with Gasteiger partial charge in [-0.25, -0.2) is 4.98 Å². The highest BCUT2D eigenvalue weighted by Crippen LogP contribution is 2.24. The molecule has 80 valence electrons. The van der Waals surface area contributed by atoms with Crippen molar-refractivity contribution in [3.05, 3.63) is 24.0 Å². The average molecular weight is 226 g/mol. The Labute approximate surface area is 93.1 Å². The standard InChI is InChI=1S/C10H11N3O.ClH/c11-6-1-2-9-8(3-6)12-10-4-7(14)5-13(9)10;/h1-3,7,14H,4-5,11H2;1H. The molecule has 0 radical (unpaired) electrons. The van der Waals surface area contributed by atoms with Crippen LogP contribution in [0.25, 0.3) is 11.0 Å². The highest BCUT2D eigenvalue weighted by Gasteiger charge is 2.22. The zero-order valence-electron chi connectivity index (χ0n) is 8.05. The quantitative estimate of drug-likeness (QED) is 0.657. The molecule has 1 aliphatic rings. The number of aliphatic hydroxyl groups is 1. The monoisotopic (exact) mass is 225 g/mol. The van der Waals surface area contributed by atoms with Gasteiger partial charge in [0.1, 0.15) is 5.82 Å². The summed E-state index contributed by atoms with van der Waals surface area (Å²) in [7, 11) is 0. The molecule has 1 aromatic carbocycles. The molecule has 0 aliphatic carbocycles. The van der Waals surface area contributed by atoms with E-state index in [4.69, 9.17) is 5.73 Å². The van der Waals surface area contributed by atoms with Crippen molar-refractivity contribution in [2.24, 2.45) is 0 Å². The van der Waals surface area contributed by atoms with Crippen molar-refractivity contribution in [2.45, 2.75) is 19.1 Å². The minimum absolute atomic E-state index is 0. The number of imidazole rings is 1. The summed E-state index contributed by atoms with van der Waals surface area (Å²) in [5.74, 6) is 0.957. The van der Waals surface area contributed by atoms with Gasteiger partial charge < -0.3 is 15.4 Å². The fourth-order valence-electron chi connectivity index (χ4n) is 2.04. The lowest BCUT2D eigenvalue weighted by Crippen LogP contribution is -2.07. The average Bonchev–Trinajstić information content (AvgIpc) is 2.59. The van der Waals surface area contributed by atoms with Gasteiger partial charge in [-0.1, -0.05) is 0 Å². The smallest absolute Gasteiger partial charge is 0.112 e. The zero-order chi connectivity index (χ0) is 9.71. The second-order valence-corrected chi connectivity index (χ2v) is 3.74.